The van der Waals surface area contributed by atoms with Gasteiger partial charge in [0.1, 0.15) is 34.4 Å². The topological polar surface area (TPSA) is 160 Å². The molecule has 4 aromatic heterocycles. The van der Waals surface area contributed by atoms with Gasteiger partial charge in [-0.25, -0.2) is 9.97 Å². The summed E-state index contributed by atoms with van der Waals surface area (Å²) in [6.07, 6.45) is -1.49. The number of nitriles is 1. The fraction of sp³-hybridized carbons (Fsp3) is 0.217. The minimum Gasteiger partial charge on any atom is -0.454 e. The minimum absolute atomic E-state index is 0.0117. The molecule has 0 radical (unpaired) electrons. The van der Waals surface area contributed by atoms with E-state index in [-0.39, 0.29) is 52.4 Å². The van der Waals surface area contributed by atoms with Gasteiger partial charge >= 0.3 is 6.18 Å². The highest BCUT2D eigenvalue weighted by molar-refractivity contribution is 5.88. The maximum absolute atomic E-state index is 13.4. The SMILES string of the molecule is CC(=O)Nc1cc(Oc2cnc3nc(Nc4cc(C(F)(F)F)cn(CCO)c4=O)n(C)c3c2C#N)ccn1. The zero-order valence-corrected chi connectivity index (χ0v) is 19.9. The molecule has 0 spiro atoms. The van der Waals surface area contributed by atoms with Gasteiger partial charge in [0, 0.05) is 39.0 Å². The third kappa shape index (κ3) is 5.25. The van der Waals surface area contributed by atoms with Gasteiger partial charge < -0.3 is 29.6 Å². The number of nitrogens with zero attached hydrogens (tertiary/aromatic N) is 6. The minimum atomic E-state index is -4.75. The number of alkyl halides is 3. The van der Waals surface area contributed by atoms with E-state index >= 15 is 0 Å². The first-order valence-corrected chi connectivity index (χ1v) is 10.9. The molecule has 0 bridgehead atoms. The van der Waals surface area contributed by atoms with E-state index in [4.69, 9.17) is 9.84 Å². The Morgan fingerprint density at radius 2 is 2.05 bits per heavy atom. The smallest absolute Gasteiger partial charge is 0.417 e. The number of amides is 1. The van der Waals surface area contributed by atoms with Gasteiger partial charge in [-0.05, 0) is 12.1 Å². The number of pyridine rings is 3. The van der Waals surface area contributed by atoms with Crippen LogP contribution in [0.15, 0.2) is 41.6 Å². The van der Waals surface area contributed by atoms with Crippen LogP contribution in [0.4, 0.5) is 30.6 Å². The number of anilines is 3. The molecule has 3 N–H and O–H groups in total. The number of rotatable bonds is 7. The molecule has 4 rings (SSSR count). The van der Waals surface area contributed by atoms with Crippen molar-refractivity contribution in [3.8, 4) is 17.6 Å². The average molecular weight is 528 g/mol. The van der Waals surface area contributed by atoms with Crippen LogP contribution in [0.3, 0.4) is 0 Å². The van der Waals surface area contributed by atoms with Crippen LogP contribution in [0, 0.1) is 11.3 Å². The molecule has 196 valence electrons. The molecule has 38 heavy (non-hydrogen) atoms. The number of imidazole rings is 1. The standard InChI is InChI=1S/C23H19F3N8O4/c1-12(36)30-18-8-14(3-4-28-18)38-17-10-29-20-19(15(17)9-27)33(2)22(32-20)31-16-7-13(23(24,25)26)11-34(5-6-35)21(16)37/h3-4,7-8,10-11,35H,5-6H2,1-2H3,(H,28,30,36)(H,29,31,32). The highest BCUT2D eigenvalue weighted by Gasteiger charge is 2.32. The van der Waals surface area contributed by atoms with Crippen molar-refractivity contribution in [3.05, 3.63) is 58.3 Å². The summed E-state index contributed by atoms with van der Waals surface area (Å²) in [5, 5.41) is 24.1. The number of ether oxygens (including phenoxy) is 1. The predicted molar refractivity (Wildman–Crippen MR) is 128 cm³/mol. The number of nitrogens with one attached hydrogen (secondary N) is 2. The Morgan fingerprint density at radius 1 is 1.29 bits per heavy atom. The highest BCUT2D eigenvalue weighted by atomic mass is 19.4. The molecule has 0 saturated carbocycles. The monoisotopic (exact) mass is 528 g/mol. The van der Waals surface area contributed by atoms with E-state index in [0.29, 0.717) is 12.3 Å². The van der Waals surface area contributed by atoms with Crippen molar-refractivity contribution in [3.63, 3.8) is 0 Å². The number of aryl methyl sites for hydroxylation is 1. The van der Waals surface area contributed by atoms with E-state index in [2.05, 4.69) is 25.6 Å². The Balaban J connectivity index is 1.75. The molecular formula is C23H19F3N8O4. The maximum atomic E-state index is 13.4. The van der Waals surface area contributed by atoms with Gasteiger partial charge in [-0.3, -0.25) is 9.59 Å². The lowest BCUT2D eigenvalue weighted by atomic mass is 10.2. The fourth-order valence-electron chi connectivity index (χ4n) is 3.58. The number of fused-ring (bicyclic) bond motifs is 1. The summed E-state index contributed by atoms with van der Waals surface area (Å²) in [7, 11) is 1.48. The lowest BCUT2D eigenvalue weighted by Gasteiger charge is -2.14. The van der Waals surface area contributed by atoms with Crippen molar-refractivity contribution >= 4 is 34.5 Å². The van der Waals surface area contributed by atoms with Crippen molar-refractivity contribution in [2.24, 2.45) is 7.05 Å². The number of hydrogen-bond donors (Lipinski definition) is 3. The van der Waals surface area contributed by atoms with Gasteiger partial charge in [-0.2, -0.15) is 23.4 Å². The van der Waals surface area contributed by atoms with Crippen LogP contribution in [0.1, 0.15) is 18.1 Å². The third-order valence-electron chi connectivity index (χ3n) is 5.24. The summed E-state index contributed by atoms with van der Waals surface area (Å²) in [4.78, 5) is 36.4. The van der Waals surface area contributed by atoms with E-state index < -0.39 is 29.6 Å². The summed E-state index contributed by atoms with van der Waals surface area (Å²) in [5.41, 5.74) is -2.10. The normalized spacial score (nSPS) is 11.3. The first-order valence-electron chi connectivity index (χ1n) is 10.9. The number of aliphatic hydroxyl groups is 1. The Bertz CT molecular complexity index is 1640. The van der Waals surface area contributed by atoms with Gasteiger partial charge in [0.25, 0.3) is 5.56 Å². The van der Waals surface area contributed by atoms with E-state index in [1.807, 2.05) is 6.07 Å². The second-order valence-electron chi connectivity index (χ2n) is 7.92. The number of carbonyl (C=O) groups is 1. The van der Waals surface area contributed by atoms with Crippen LogP contribution in [0.25, 0.3) is 11.2 Å². The summed E-state index contributed by atoms with van der Waals surface area (Å²) in [6.45, 7) is 0.421. The molecular weight excluding hydrogens is 509 g/mol. The van der Waals surface area contributed by atoms with Gasteiger partial charge in [-0.15, -0.1) is 0 Å². The highest BCUT2D eigenvalue weighted by Crippen LogP contribution is 2.33. The maximum Gasteiger partial charge on any atom is 0.417 e. The molecule has 0 unspecified atom stereocenters. The van der Waals surface area contributed by atoms with Crippen molar-refractivity contribution in [1.82, 2.24) is 24.1 Å². The van der Waals surface area contributed by atoms with Crippen LogP contribution in [0.2, 0.25) is 0 Å². The van der Waals surface area contributed by atoms with E-state index in [1.54, 1.807) is 0 Å². The summed E-state index contributed by atoms with van der Waals surface area (Å²) < 4.78 is 48.1. The fourth-order valence-corrected chi connectivity index (χ4v) is 3.58. The van der Waals surface area contributed by atoms with Crippen molar-refractivity contribution in [2.75, 3.05) is 17.2 Å². The Morgan fingerprint density at radius 3 is 2.71 bits per heavy atom. The molecule has 0 aromatic carbocycles. The van der Waals surface area contributed by atoms with Crippen molar-refractivity contribution < 1.29 is 27.8 Å². The second-order valence-corrected chi connectivity index (χ2v) is 7.92. The average Bonchev–Trinajstić information content (AvgIpc) is 3.16. The Hall–Kier alpha value is -4.97. The Kier molecular flexibility index (Phi) is 7.00. The van der Waals surface area contributed by atoms with Crippen LogP contribution in [-0.4, -0.2) is 41.7 Å². The van der Waals surface area contributed by atoms with Gasteiger partial charge in [-0.1, -0.05) is 0 Å². The van der Waals surface area contributed by atoms with E-state index in [0.717, 1.165) is 4.57 Å². The Labute approximate surface area is 212 Å². The molecule has 4 heterocycles. The predicted octanol–water partition coefficient (Wildman–Crippen LogP) is 2.90. The van der Waals surface area contributed by atoms with Crippen molar-refractivity contribution in [2.45, 2.75) is 19.6 Å². The van der Waals surface area contributed by atoms with Crippen LogP contribution in [0.5, 0.6) is 11.5 Å². The number of carbonyl (C=O) groups excluding carboxylic acids is 1. The van der Waals surface area contributed by atoms with Crippen LogP contribution >= 0.6 is 0 Å². The molecule has 0 aliphatic heterocycles. The zero-order valence-electron chi connectivity index (χ0n) is 19.9. The largest absolute Gasteiger partial charge is 0.454 e. The van der Waals surface area contributed by atoms with Crippen LogP contribution < -0.4 is 20.9 Å². The summed E-state index contributed by atoms with van der Waals surface area (Å²) in [5.74, 6) is 0.107. The third-order valence-corrected chi connectivity index (χ3v) is 5.24. The van der Waals surface area contributed by atoms with Crippen LogP contribution in [-0.2, 0) is 24.6 Å². The lowest BCUT2D eigenvalue weighted by Crippen LogP contribution is -2.26. The number of halogens is 3. The van der Waals surface area contributed by atoms with Gasteiger partial charge in [0.05, 0.1) is 18.4 Å². The molecule has 0 fully saturated rings. The zero-order chi connectivity index (χ0) is 27.6. The summed E-state index contributed by atoms with van der Waals surface area (Å²) >= 11 is 0. The van der Waals surface area contributed by atoms with Gasteiger partial charge in [0.15, 0.2) is 11.4 Å². The molecule has 12 nitrogen and oxygen atoms in total. The van der Waals surface area contributed by atoms with Crippen molar-refractivity contribution in [1.29, 1.82) is 5.26 Å². The first-order chi connectivity index (χ1) is 18.0. The first kappa shape index (κ1) is 26.1. The molecule has 1 amide bonds. The van der Waals surface area contributed by atoms with Gasteiger partial charge in [0.2, 0.25) is 11.9 Å². The summed E-state index contributed by atoms with van der Waals surface area (Å²) in [6, 6.07) is 5.58. The quantitative estimate of drug-likeness (QED) is 0.328. The molecule has 0 atom stereocenters. The number of hydrogen-bond acceptors (Lipinski definition) is 9. The molecule has 0 aliphatic carbocycles. The lowest BCUT2D eigenvalue weighted by molar-refractivity contribution is -0.138. The molecule has 15 heteroatoms. The second kappa shape index (κ2) is 10.2. The van der Waals surface area contributed by atoms with E-state index in [9.17, 15) is 28.0 Å². The molecule has 0 saturated heterocycles. The molecule has 0 aliphatic rings. The number of aliphatic hydroxyl groups excluding tert-OH is 1. The van der Waals surface area contributed by atoms with E-state index in [1.165, 1.54) is 43.1 Å². The number of aromatic nitrogens is 5. The molecule has 4 aromatic rings.